The van der Waals surface area contributed by atoms with Crippen molar-refractivity contribution >= 4 is 17.4 Å². The normalized spacial score (nSPS) is 10.7. The standard InChI is InChI=1S/C15H19NO3S/c17-8-1-9-20-15-6-2-12(3-7-15)16-10-13-4-5-14(11-18)19-13/h2-7,16-18H,1,8-11H2. The van der Waals surface area contributed by atoms with E-state index in [0.717, 1.165) is 23.6 Å². The first-order valence-corrected chi connectivity index (χ1v) is 7.56. The second kappa shape index (κ2) is 7.99. The summed E-state index contributed by atoms with van der Waals surface area (Å²) in [5.74, 6) is 2.31. The van der Waals surface area contributed by atoms with Crippen molar-refractivity contribution in [3.8, 4) is 0 Å². The lowest BCUT2D eigenvalue weighted by Gasteiger charge is -2.06. The summed E-state index contributed by atoms with van der Waals surface area (Å²) in [4.78, 5) is 1.20. The summed E-state index contributed by atoms with van der Waals surface area (Å²) in [6.07, 6.45) is 0.816. The summed E-state index contributed by atoms with van der Waals surface area (Å²) < 4.78 is 5.40. The first kappa shape index (κ1) is 15.0. The van der Waals surface area contributed by atoms with Crippen LogP contribution < -0.4 is 5.32 Å². The fourth-order valence-electron chi connectivity index (χ4n) is 1.72. The highest BCUT2D eigenvalue weighted by Crippen LogP contribution is 2.21. The van der Waals surface area contributed by atoms with Crippen molar-refractivity contribution in [2.45, 2.75) is 24.5 Å². The molecular weight excluding hydrogens is 274 g/mol. The van der Waals surface area contributed by atoms with E-state index >= 15 is 0 Å². The molecule has 0 unspecified atom stereocenters. The van der Waals surface area contributed by atoms with Crippen LogP contribution in [0, 0.1) is 0 Å². The molecule has 0 saturated carbocycles. The number of anilines is 1. The lowest BCUT2D eigenvalue weighted by atomic mass is 10.3. The van der Waals surface area contributed by atoms with Gasteiger partial charge in [0.15, 0.2) is 0 Å². The number of nitrogens with one attached hydrogen (secondary N) is 1. The van der Waals surface area contributed by atoms with Crippen molar-refractivity contribution in [1.82, 2.24) is 0 Å². The number of hydrogen-bond acceptors (Lipinski definition) is 5. The van der Waals surface area contributed by atoms with Gasteiger partial charge in [-0.2, -0.15) is 0 Å². The highest BCUT2D eigenvalue weighted by Gasteiger charge is 2.01. The smallest absolute Gasteiger partial charge is 0.129 e. The van der Waals surface area contributed by atoms with Gasteiger partial charge in [-0.1, -0.05) is 0 Å². The van der Waals surface area contributed by atoms with Gasteiger partial charge in [0, 0.05) is 22.9 Å². The maximum atomic E-state index is 8.92. The minimum absolute atomic E-state index is 0.0697. The summed E-state index contributed by atoms with van der Waals surface area (Å²) in [6, 6.07) is 11.8. The van der Waals surface area contributed by atoms with Gasteiger partial charge in [0.05, 0.1) is 6.54 Å². The van der Waals surface area contributed by atoms with Gasteiger partial charge < -0.3 is 19.9 Å². The molecule has 0 fully saturated rings. The third-order valence-corrected chi connectivity index (χ3v) is 3.86. The van der Waals surface area contributed by atoms with E-state index in [2.05, 4.69) is 17.4 Å². The molecule has 0 aliphatic carbocycles. The fourth-order valence-corrected chi connectivity index (χ4v) is 2.55. The van der Waals surface area contributed by atoms with Gasteiger partial charge in [-0.25, -0.2) is 0 Å². The third kappa shape index (κ3) is 4.59. The summed E-state index contributed by atoms with van der Waals surface area (Å²) in [7, 11) is 0. The van der Waals surface area contributed by atoms with Gasteiger partial charge in [-0.05, 0) is 42.8 Å². The Hall–Kier alpha value is -1.43. The van der Waals surface area contributed by atoms with Gasteiger partial charge in [0.25, 0.3) is 0 Å². The number of rotatable bonds is 8. The molecular formula is C15H19NO3S. The van der Waals surface area contributed by atoms with Crippen molar-refractivity contribution in [3.05, 3.63) is 47.9 Å². The Morgan fingerprint density at radius 2 is 1.75 bits per heavy atom. The van der Waals surface area contributed by atoms with Gasteiger partial charge in [0.1, 0.15) is 18.1 Å². The molecule has 2 rings (SSSR count). The van der Waals surface area contributed by atoms with Crippen molar-refractivity contribution in [2.24, 2.45) is 0 Å². The maximum Gasteiger partial charge on any atom is 0.129 e. The summed E-state index contributed by atoms with van der Waals surface area (Å²) >= 11 is 1.74. The highest BCUT2D eigenvalue weighted by atomic mass is 32.2. The van der Waals surface area contributed by atoms with Crippen molar-refractivity contribution in [2.75, 3.05) is 17.7 Å². The maximum absolute atomic E-state index is 8.92. The minimum atomic E-state index is -0.0697. The van der Waals surface area contributed by atoms with Crippen LogP contribution in [0.25, 0.3) is 0 Å². The van der Waals surface area contributed by atoms with Crippen LogP contribution in [0.3, 0.4) is 0 Å². The van der Waals surface area contributed by atoms with Gasteiger partial charge >= 0.3 is 0 Å². The molecule has 1 aromatic carbocycles. The Bertz CT molecular complexity index is 510. The minimum Gasteiger partial charge on any atom is -0.462 e. The highest BCUT2D eigenvalue weighted by molar-refractivity contribution is 7.99. The molecule has 0 aliphatic rings. The van der Waals surface area contributed by atoms with E-state index in [4.69, 9.17) is 14.6 Å². The predicted octanol–water partition coefficient (Wildman–Crippen LogP) is 2.86. The molecule has 0 aliphatic heterocycles. The summed E-state index contributed by atoms with van der Waals surface area (Å²) in [5, 5.41) is 20.9. The van der Waals surface area contributed by atoms with Crippen molar-refractivity contribution < 1.29 is 14.6 Å². The van der Waals surface area contributed by atoms with Crippen LogP contribution in [0.1, 0.15) is 17.9 Å². The van der Waals surface area contributed by atoms with Gasteiger partial charge in [-0.15, -0.1) is 11.8 Å². The molecule has 4 nitrogen and oxygen atoms in total. The van der Waals surface area contributed by atoms with Crippen LogP contribution in [0.2, 0.25) is 0 Å². The zero-order valence-corrected chi connectivity index (χ0v) is 12.0. The fraction of sp³-hybridized carbons (Fsp3) is 0.333. The molecule has 0 saturated heterocycles. The van der Waals surface area contributed by atoms with E-state index in [1.54, 1.807) is 17.8 Å². The molecule has 0 spiro atoms. The SMILES string of the molecule is OCCCSc1ccc(NCc2ccc(CO)o2)cc1. The molecule has 0 radical (unpaired) electrons. The Labute approximate surface area is 122 Å². The molecule has 3 N–H and O–H groups in total. The molecule has 20 heavy (non-hydrogen) atoms. The van der Waals surface area contributed by atoms with Crippen LogP contribution in [0.4, 0.5) is 5.69 Å². The Morgan fingerprint density at radius 3 is 2.40 bits per heavy atom. The van der Waals surface area contributed by atoms with Crippen molar-refractivity contribution in [3.63, 3.8) is 0 Å². The van der Waals surface area contributed by atoms with E-state index in [1.807, 2.05) is 18.2 Å². The molecule has 0 amide bonds. The van der Waals surface area contributed by atoms with E-state index in [1.165, 1.54) is 4.90 Å². The molecule has 0 bridgehead atoms. The third-order valence-electron chi connectivity index (χ3n) is 2.77. The number of hydrogen-bond donors (Lipinski definition) is 3. The van der Waals surface area contributed by atoms with Gasteiger partial charge in [0.2, 0.25) is 0 Å². The van der Waals surface area contributed by atoms with Crippen LogP contribution in [0.5, 0.6) is 0 Å². The first-order valence-electron chi connectivity index (χ1n) is 6.58. The zero-order valence-electron chi connectivity index (χ0n) is 11.2. The Morgan fingerprint density at radius 1 is 1.00 bits per heavy atom. The monoisotopic (exact) mass is 293 g/mol. The average Bonchev–Trinajstić information content (AvgIpc) is 2.95. The largest absolute Gasteiger partial charge is 0.462 e. The second-order valence-electron chi connectivity index (χ2n) is 4.33. The molecule has 0 atom stereocenters. The summed E-state index contributed by atoms with van der Waals surface area (Å²) in [5.41, 5.74) is 1.03. The van der Waals surface area contributed by atoms with E-state index in [9.17, 15) is 0 Å². The van der Waals surface area contributed by atoms with E-state index in [-0.39, 0.29) is 13.2 Å². The summed E-state index contributed by atoms with van der Waals surface area (Å²) in [6.45, 7) is 0.766. The van der Waals surface area contributed by atoms with Gasteiger partial charge in [-0.3, -0.25) is 0 Å². The number of thioether (sulfide) groups is 1. The first-order chi connectivity index (χ1) is 9.81. The van der Waals surface area contributed by atoms with E-state index in [0.29, 0.717) is 12.3 Å². The average molecular weight is 293 g/mol. The topological polar surface area (TPSA) is 65.6 Å². The Kier molecular flexibility index (Phi) is 5.98. The Balaban J connectivity index is 1.81. The number of furan rings is 1. The molecule has 108 valence electrons. The van der Waals surface area contributed by atoms with Crippen molar-refractivity contribution in [1.29, 1.82) is 0 Å². The predicted molar refractivity (Wildman–Crippen MR) is 80.8 cm³/mol. The zero-order chi connectivity index (χ0) is 14.2. The molecule has 1 heterocycles. The molecule has 2 aromatic rings. The molecule has 5 heteroatoms. The second-order valence-corrected chi connectivity index (χ2v) is 5.50. The van der Waals surface area contributed by atoms with Crippen LogP contribution in [-0.4, -0.2) is 22.6 Å². The van der Waals surface area contributed by atoms with Crippen LogP contribution in [0.15, 0.2) is 45.7 Å². The quantitative estimate of drug-likeness (QED) is 0.516. The van der Waals surface area contributed by atoms with Crippen LogP contribution in [-0.2, 0) is 13.2 Å². The number of aliphatic hydroxyl groups is 2. The number of aliphatic hydroxyl groups excluding tert-OH is 2. The molecule has 1 aromatic heterocycles. The van der Waals surface area contributed by atoms with Crippen LogP contribution >= 0.6 is 11.8 Å². The lowest BCUT2D eigenvalue weighted by molar-refractivity contribution is 0.244. The lowest BCUT2D eigenvalue weighted by Crippen LogP contribution is -1.97. The number of benzene rings is 1. The van der Waals surface area contributed by atoms with E-state index < -0.39 is 0 Å².